The number of halogens is 1. The van der Waals surface area contributed by atoms with Gasteiger partial charge in [0.2, 0.25) is 0 Å². The zero-order valence-electron chi connectivity index (χ0n) is 15.3. The fourth-order valence-corrected chi connectivity index (χ4v) is 3.64. The first-order valence-corrected chi connectivity index (χ1v) is 10.1. The summed E-state index contributed by atoms with van der Waals surface area (Å²) in [4.78, 5) is 25.0. The average molecular weight is 496 g/mol. The number of para-hydroxylation sites is 1. The molecule has 1 heterocycles. The largest absolute Gasteiger partial charge is 0.488 e. The summed E-state index contributed by atoms with van der Waals surface area (Å²) in [7, 11) is 0. The molecule has 3 aromatic rings. The molecule has 144 valence electrons. The lowest BCUT2D eigenvalue weighted by atomic mass is 10.1. The molecule has 0 spiro atoms. The Morgan fingerprint density at radius 3 is 2.31 bits per heavy atom. The molecular weight excluding hydrogens is 479 g/mol. The molecule has 1 fully saturated rings. The molecule has 1 aliphatic rings. The van der Waals surface area contributed by atoms with Crippen LogP contribution in [0, 0.1) is 3.57 Å². The zero-order valence-corrected chi connectivity index (χ0v) is 17.5. The zero-order chi connectivity index (χ0) is 20.2. The Hall–Kier alpha value is -3.13. The van der Waals surface area contributed by atoms with E-state index in [2.05, 4.69) is 28.0 Å². The number of benzene rings is 3. The van der Waals surface area contributed by atoms with E-state index in [0.29, 0.717) is 12.3 Å². The molecule has 1 saturated heterocycles. The van der Waals surface area contributed by atoms with Crippen LogP contribution in [0.15, 0.2) is 84.4 Å². The third-order valence-electron chi connectivity index (χ3n) is 4.41. The van der Waals surface area contributed by atoms with Gasteiger partial charge in [0.15, 0.2) is 0 Å². The first-order chi connectivity index (χ1) is 14.1. The molecule has 0 aliphatic carbocycles. The van der Waals surface area contributed by atoms with Crippen LogP contribution in [0.5, 0.6) is 5.75 Å². The number of hydrogen-bond acceptors (Lipinski definition) is 3. The van der Waals surface area contributed by atoms with Crippen LogP contribution in [0.2, 0.25) is 0 Å². The third-order valence-corrected chi connectivity index (χ3v) is 5.25. The van der Waals surface area contributed by atoms with Gasteiger partial charge in [0.25, 0.3) is 11.8 Å². The summed E-state index contributed by atoms with van der Waals surface area (Å²) in [5, 5.41) is 1.26. The van der Waals surface area contributed by atoms with Crippen molar-refractivity contribution in [2.75, 3.05) is 5.01 Å². The first kappa shape index (κ1) is 19.2. The standard InChI is InChI=1S/C23H17IN2O3/c24-20-14-17(11-12-21(20)29-15-16-7-3-1-4-8-16)13-19-22(27)25-26(23(19)28)18-9-5-2-6-10-18/h1-14H,15H2,(H,25,27). The number of nitrogens with one attached hydrogen (secondary N) is 1. The molecule has 0 aromatic heterocycles. The fraction of sp³-hybridized carbons (Fsp3) is 0.0435. The van der Waals surface area contributed by atoms with Crippen LogP contribution in [0.25, 0.3) is 6.08 Å². The Labute approximate surface area is 182 Å². The first-order valence-electron chi connectivity index (χ1n) is 9.00. The van der Waals surface area contributed by atoms with Crippen molar-refractivity contribution in [3.8, 4) is 5.75 Å². The Morgan fingerprint density at radius 1 is 0.931 bits per heavy atom. The predicted octanol–water partition coefficient (Wildman–Crippen LogP) is 4.33. The van der Waals surface area contributed by atoms with E-state index in [1.807, 2.05) is 66.7 Å². The molecule has 0 saturated carbocycles. The highest BCUT2D eigenvalue weighted by Crippen LogP contribution is 2.26. The highest BCUT2D eigenvalue weighted by atomic mass is 127. The third kappa shape index (κ3) is 4.32. The van der Waals surface area contributed by atoms with Gasteiger partial charge in [-0.2, -0.15) is 0 Å². The number of rotatable bonds is 5. The summed E-state index contributed by atoms with van der Waals surface area (Å²) in [6, 6.07) is 24.5. The quantitative estimate of drug-likeness (QED) is 0.325. The molecule has 2 amide bonds. The Kier molecular flexibility index (Phi) is 5.62. The van der Waals surface area contributed by atoms with E-state index in [4.69, 9.17) is 4.74 Å². The summed E-state index contributed by atoms with van der Waals surface area (Å²) in [6.07, 6.45) is 1.60. The van der Waals surface area contributed by atoms with Gasteiger partial charge in [-0.3, -0.25) is 15.0 Å². The maximum Gasteiger partial charge on any atom is 0.282 e. The lowest BCUT2D eigenvalue weighted by Crippen LogP contribution is -2.35. The minimum Gasteiger partial charge on any atom is -0.488 e. The van der Waals surface area contributed by atoms with Gasteiger partial charge in [-0.25, -0.2) is 5.01 Å². The van der Waals surface area contributed by atoms with Crippen molar-refractivity contribution in [1.82, 2.24) is 5.43 Å². The second-order valence-corrected chi connectivity index (χ2v) is 7.60. The smallest absolute Gasteiger partial charge is 0.282 e. The SMILES string of the molecule is O=C1NN(c2ccccc2)C(=O)C1=Cc1ccc(OCc2ccccc2)c(I)c1. The average Bonchev–Trinajstić information content (AvgIpc) is 3.03. The minimum atomic E-state index is -0.418. The van der Waals surface area contributed by atoms with E-state index in [0.717, 1.165) is 20.4 Å². The fourth-order valence-electron chi connectivity index (χ4n) is 2.94. The van der Waals surface area contributed by atoms with Crippen LogP contribution >= 0.6 is 22.6 Å². The number of carbonyl (C=O) groups is 2. The number of nitrogens with zero attached hydrogens (tertiary/aromatic N) is 1. The van der Waals surface area contributed by atoms with E-state index in [-0.39, 0.29) is 11.5 Å². The van der Waals surface area contributed by atoms with Crippen LogP contribution in [-0.4, -0.2) is 11.8 Å². The second-order valence-electron chi connectivity index (χ2n) is 6.44. The van der Waals surface area contributed by atoms with Crippen molar-refractivity contribution in [2.45, 2.75) is 6.61 Å². The normalized spacial score (nSPS) is 14.9. The molecule has 1 aliphatic heterocycles. The van der Waals surface area contributed by atoms with E-state index in [1.165, 1.54) is 5.01 Å². The maximum absolute atomic E-state index is 12.7. The number of ether oxygens (including phenoxy) is 1. The van der Waals surface area contributed by atoms with Crippen molar-refractivity contribution < 1.29 is 14.3 Å². The monoisotopic (exact) mass is 496 g/mol. The molecule has 29 heavy (non-hydrogen) atoms. The van der Waals surface area contributed by atoms with Gasteiger partial charge >= 0.3 is 0 Å². The van der Waals surface area contributed by atoms with Crippen molar-refractivity contribution in [3.63, 3.8) is 0 Å². The maximum atomic E-state index is 12.7. The molecule has 0 unspecified atom stereocenters. The lowest BCUT2D eigenvalue weighted by molar-refractivity contribution is -0.117. The van der Waals surface area contributed by atoms with Crippen molar-refractivity contribution in [2.24, 2.45) is 0 Å². The molecule has 0 atom stereocenters. The molecule has 1 N–H and O–H groups in total. The van der Waals surface area contributed by atoms with Crippen LogP contribution in [0.4, 0.5) is 5.69 Å². The van der Waals surface area contributed by atoms with Crippen LogP contribution in [0.1, 0.15) is 11.1 Å². The number of anilines is 1. The van der Waals surface area contributed by atoms with E-state index in [1.54, 1.807) is 18.2 Å². The van der Waals surface area contributed by atoms with Crippen molar-refractivity contribution >= 4 is 46.2 Å². The van der Waals surface area contributed by atoms with Gasteiger partial charge in [0.05, 0.1) is 9.26 Å². The molecule has 6 heteroatoms. The number of carbonyl (C=O) groups excluding carboxylic acids is 2. The predicted molar refractivity (Wildman–Crippen MR) is 120 cm³/mol. The highest BCUT2D eigenvalue weighted by molar-refractivity contribution is 14.1. The van der Waals surface area contributed by atoms with Crippen molar-refractivity contribution in [3.05, 3.63) is 99.1 Å². The van der Waals surface area contributed by atoms with Crippen molar-refractivity contribution in [1.29, 1.82) is 0 Å². The van der Waals surface area contributed by atoms with Gasteiger partial charge in [-0.1, -0.05) is 54.6 Å². The molecule has 5 nitrogen and oxygen atoms in total. The highest BCUT2D eigenvalue weighted by Gasteiger charge is 2.34. The van der Waals surface area contributed by atoms with Gasteiger partial charge in [-0.05, 0) is 64.1 Å². The summed E-state index contributed by atoms with van der Waals surface area (Å²) in [5.74, 6) is -0.0383. The summed E-state index contributed by atoms with van der Waals surface area (Å²) in [5.41, 5.74) is 5.17. The summed E-state index contributed by atoms with van der Waals surface area (Å²) in [6.45, 7) is 0.476. The lowest BCUT2D eigenvalue weighted by Gasteiger charge is -2.13. The van der Waals surface area contributed by atoms with Gasteiger partial charge in [0.1, 0.15) is 17.9 Å². The number of hydrazine groups is 1. The minimum absolute atomic E-state index is 0.0996. The van der Waals surface area contributed by atoms with Crippen LogP contribution in [0.3, 0.4) is 0 Å². The van der Waals surface area contributed by atoms with E-state index < -0.39 is 5.91 Å². The number of hydrogen-bond donors (Lipinski definition) is 1. The van der Waals surface area contributed by atoms with E-state index >= 15 is 0 Å². The Morgan fingerprint density at radius 2 is 1.62 bits per heavy atom. The van der Waals surface area contributed by atoms with Gasteiger partial charge < -0.3 is 4.74 Å². The van der Waals surface area contributed by atoms with Gasteiger partial charge in [-0.15, -0.1) is 0 Å². The Bertz CT molecular complexity index is 1080. The molecule has 0 radical (unpaired) electrons. The van der Waals surface area contributed by atoms with E-state index in [9.17, 15) is 9.59 Å². The van der Waals surface area contributed by atoms with Crippen LogP contribution in [-0.2, 0) is 16.2 Å². The molecular formula is C23H17IN2O3. The topological polar surface area (TPSA) is 58.6 Å². The van der Waals surface area contributed by atoms with Crippen LogP contribution < -0.4 is 15.2 Å². The molecule has 3 aromatic carbocycles. The Balaban J connectivity index is 1.51. The van der Waals surface area contributed by atoms with Gasteiger partial charge in [0, 0.05) is 0 Å². The summed E-state index contributed by atoms with van der Waals surface area (Å²) < 4.78 is 6.78. The molecule has 4 rings (SSSR count). The summed E-state index contributed by atoms with van der Waals surface area (Å²) >= 11 is 2.19. The number of amides is 2. The second kappa shape index (κ2) is 8.48. The molecule has 0 bridgehead atoms.